The summed E-state index contributed by atoms with van der Waals surface area (Å²) in [5.41, 5.74) is -1.69. The van der Waals surface area contributed by atoms with Crippen LogP contribution in [-0.2, 0) is 6.18 Å². The van der Waals surface area contributed by atoms with E-state index in [4.69, 9.17) is 0 Å². The van der Waals surface area contributed by atoms with E-state index in [-0.39, 0.29) is 5.56 Å². The third kappa shape index (κ3) is 1.63. The maximum absolute atomic E-state index is 11.9. The van der Waals surface area contributed by atoms with Crippen molar-refractivity contribution >= 4 is 0 Å². The van der Waals surface area contributed by atoms with Gasteiger partial charge in [-0.2, -0.15) is 18.3 Å². The molecule has 0 aliphatic carbocycles. The fraction of sp³-hybridized carbons (Fsp3) is 0.333. The Morgan fingerprint density at radius 1 is 1.50 bits per heavy atom. The molecule has 0 aliphatic heterocycles. The van der Waals surface area contributed by atoms with Gasteiger partial charge in [-0.3, -0.25) is 4.79 Å². The van der Waals surface area contributed by atoms with E-state index in [0.29, 0.717) is 6.07 Å². The quantitative estimate of drug-likeness (QED) is 0.646. The van der Waals surface area contributed by atoms with Gasteiger partial charge in [0.1, 0.15) is 0 Å². The van der Waals surface area contributed by atoms with Gasteiger partial charge < -0.3 is 0 Å². The normalized spacial score (nSPS) is 11.7. The lowest BCUT2D eigenvalue weighted by Gasteiger charge is -2.03. The largest absolute Gasteiger partial charge is 0.435 e. The smallest absolute Gasteiger partial charge is 0.268 e. The molecule has 0 bridgehead atoms. The summed E-state index contributed by atoms with van der Waals surface area (Å²) in [6, 6.07) is 0.707. The molecule has 0 atom stereocenters. The summed E-state index contributed by atoms with van der Waals surface area (Å²) in [5.74, 6) is 0. The van der Waals surface area contributed by atoms with E-state index in [2.05, 4.69) is 5.10 Å². The van der Waals surface area contributed by atoms with Crippen LogP contribution in [0.25, 0.3) is 0 Å². The minimum Gasteiger partial charge on any atom is -0.268 e. The number of nitrogens with zero attached hydrogens (tertiary/aromatic N) is 1. The fourth-order valence-electron chi connectivity index (χ4n) is 0.647. The van der Waals surface area contributed by atoms with Crippen molar-refractivity contribution in [3.63, 3.8) is 0 Å². The summed E-state index contributed by atoms with van der Waals surface area (Å²) in [5, 5.41) is 4.60. The molecule has 12 heavy (non-hydrogen) atoms. The summed E-state index contributed by atoms with van der Waals surface area (Å²) in [6.07, 6.45) is -4.51. The van der Waals surface area contributed by atoms with Gasteiger partial charge in [0, 0.05) is 5.56 Å². The van der Waals surface area contributed by atoms with Crippen LogP contribution in [0, 0.1) is 6.92 Å². The molecule has 0 fully saturated rings. The third-order valence-electron chi connectivity index (χ3n) is 1.28. The predicted molar refractivity (Wildman–Crippen MR) is 34.6 cm³/mol. The zero-order chi connectivity index (χ0) is 9.35. The Balaban J connectivity index is 3.23. The number of rotatable bonds is 0. The summed E-state index contributed by atoms with van der Waals surface area (Å²) in [7, 11) is 0. The maximum atomic E-state index is 11.9. The third-order valence-corrected chi connectivity index (χ3v) is 1.28. The van der Waals surface area contributed by atoms with Crippen LogP contribution in [0.2, 0.25) is 0 Å². The first kappa shape index (κ1) is 8.76. The highest BCUT2D eigenvalue weighted by atomic mass is 19.4. The molecule has 3 nitrogen and oxygen atoms in total. The zero-order valence-corrected chi connectivity index (χ0v) is 6.07. The molecular formula is C6H5F3N2O. The van der Waals surface area contributed by atoms with Crippen LogP contribution in [0.1, 0.15) is 11.3 Å². The Morgan fingerprint density at radius 3 is 2.50 bits per heavy atom. The average Bonchev–Trinajstić information content (AvgIpc) is 1.92. The second-order valence-electron chi connectivity index (χ2n) is 2.26. The summed E-state index contributed by atoms with van der Waals surface area (Å²) >= 11 is 0. The SMILES string of the molecule is Cc1cc(C(F)(F)F)n[nH]c1=O. The number of hydrogen-bond donors (Lipinski definition) is 1. The number of nitrogens with one attached hydrogen (secondary N) is 1. The number of hydrogen-bond acceptors (Lipinski definition) is 2. The van der Waals surface area contributed by atoms with Gasteiger partial charge in [0.2, 0.25) is 0 Å². The van der Waals surface area contributed by atoms with Gasteiger partial charge in [-0.05, 0) is 13.0 Å². The molecule has 66 valence electrons. The van der Waals surface area contributed by atoms with Crippen molar-refractivity contribution in [1.29, 1.82) is 0 Å². The van der Waals surface area contributed by atoms with Crippen molar-refractivity contribution in [3.8, 4) is 0 Å². The van der Waals surface area contributed by atoms with E-state index >= 15 is 0 Å². The Labute approximate surface area is 65.2 Å². The van der Waals surface area contributed by atoms with Crippen molar-refractivity contribution < 1.29 is 13.2 Å². The lowest BCUT2D eigenvalue weighted by Crippen LogP contribution is -2.17. The Morgan fingerprint density at radius 2 is 2.08 bits per heavy atom. The molecule has 1 rings (SSSR count). The van der Waals surface area contributed by atoms with Gasteiger partial charge in [0.05, 0.1) is 0 Å². The number of aromatic amines is 1. The van der Waals surface area contributed by atoms with Gasteiger partial charge in [-0.25, -0.2) is 5.10 Å². The molecular weight excluding hydrogens is 173 g/mol. The van der Waals surface area contributed by atoms with Gasteiger partial charge in [0.25, 0.3) is 5.56 Å². The van der Waals surface area contributed by atoms with Crippen LogP contribution in [0.5, 0.6) is 0 Å². The lowest BCUT2D eigenvalue weighted by atomic mass is 10.3. The molecule has 0 unspecified atom stereocenters. The molecule has 0 radical (unpaired) electrons. The van der Waals surface area contributed by atoms with Gasteiger partial charge in [-0.15, -0.1) is 0 Å². The first-order chi connectivity index (χ1) is 5.41. The summed E-state index contributed by atoms with van der Waals surface area (Å²) in [6.45, 7) is 1.29. The number of aromatic nitrogens is 2. The molecule has 0 spiro atoms. The molecule has 1 aromatic rings. The second kappa shape index (κ2) is 2.62. The van der Waals surface area contributed by atoms with E-state index in [0.717, 1.165) is 0 Å². The van der Waals surface area contributed by atoms with E-state index in [1.807, 2.05) is 0 Å². The second-order valence-corrected chi connectivity index (χ2v) is 2.26. The van der Waals surface area contributed by atoms with E-state index in [1.54, 1.807) is 5.10 Å². The predicted octanol–water partition coefficient (Wildman–Crippen LogP) is 1.10. The molecule has 1 N–H and O–H groups in total. The molecule has 0 saturated carbocycles. The molecule has 0 aromatic carbocycles. The molecule has 6 heteroatoms. The van der Waals surface area contributed by atoms with Crippen molar-refractivity contribution in [2.45, 2.75) is 13.1 Å². The highest BCUT2D eigenvalue weighted by Crippen LogP contribution is 2.26. The van der Waals surface area contributed by atoms with E-state index < -0.39 is 17.4 Å². The lowest BCUT2D eigenvalue weighted by molar-refractivity contribution is -0.141. The first-order valence-electron chi connectivity index (χ1n) is 3.05. The zero-order valence-electron chi connectivity index (χ0n) is 6.07. The highest BCUT2D eigenvalue weighted by molar-refractivity contribution is 5.12. The van der Waals surface area contributed by atoms with Gasteiger partial charge in [-0.1, -0.05) is 0 Å². The number of halogens is 3. The van der Waals surface area contributed by atoms with E-state index in [1.165, 1.54) is 6.92 Å². The van der Waals surface area contributed by atoms with E-state index in [9.17, 15) is 18.0 Å². The molecule has 0 saturated heterocycles. The summed E-state index contributed by atoms with van der Waals surface area (Å²) < 4.78 is 35.7. The van der Waals surface area contributed by atoms with Crippen LogP contribution in [0.15, 0.2) is 10.9 Å². The topological polar surface area (TPSA) is 45.8 Å². The highest BCUT2D eigenvalue weighted by Gasteiger charge is 2.33. The van der Waals surface area contributed by atoms with Crippen molar-refractivity contribution in [1.82, 2.24) is 10.2 Å². The fourth-order valence-corrected chi connectivity index (χ4v) is 0.647. The molecule has 0 amide bonds. The standard InChI is InChI=1S/C6H5F3N2O/c1-3-2-4(6(7,8)9)10-11-5(3)12/h2H,1H3,(H,11,12). The van der Waals surface area contributed by atoms with Gasteiger partial charge in [0.15, 0.2) is 5.69 Å². The van der Waals surface area contributed by atoms with Crippen LogP contribution < -0.4 is 5.56 Å². The minimum absolute atomic E-state index is 0.00248. The van der Waals surface area contributed by atoms with Crippen LogP contribution in [0.3, 0.4) is 0 Å². The summed E-state index contributed by atoms with van der Waals surface area (Å²) in [4.78, 5) is 10.6. The first-order valence-corrected chi connectivity index (χ1v) is 3.05. The number of alkyl halides is 3. The van der Waals surface area contributed by atoms with Crippen molar-refractivity contribution in [2.24, 2.45) is 0 Å². The average molecular weight is 178 g/mol. The maximum Gasteiger partial charge on any atom is 0.435 e. The molecule has 1 aromatic heterocycles. The monoisotopic (exact) mass is 178 g/mol. The number of H-pyrrole nitrogens is 1. The van der Waals surface area contributed by atoms with Gasteiger partial charge >= 0.3 is 6.18 Å². The number of aryl methyl sites for hydroxylation is 1. The minimum atomic E-state index is -4.51. The van der Waals surface area contributed by atoms with Crippen LogP contribution >= 0.6 is 0 Å². The van der Waals surface area contributed by atoms with Crippen LogP contribution in [-0.4, -0.2) is 10.2 Å². The Bertz CT molecular complexity index is 341. The van der Waals surface area contributed by atoms with Crippen molar-refractivity contribution in [2.75, 3.05) is 0 Å². The van der Waals surface area contributed by atoms with Crippen LogP contribution in [0.4, 0.5) is 13.2 Å². The molecule has 0 aliphatic rings. The Kier molecular flexibility index (Phi) is 1.91. The van der Waals surface area contributed by atoms with Crippen molar-refractivity contribution in [3.05, 3.63) is 27.7 Å². The molecule has 1 heterocycles. The Hall–Kier alpha value is -1.33.